The molecule has 3 rings (SSSR count). The molecule has 2 aromatic rings. The first-order valence-corrected chi connectivity index (χ1v) is 7.67. The average molecular weight is 316 g/mol. The van der Waals surface area contributed by atoms with E-state index < -0.39 is 11.6 Å². The van der Waals surface area contributed by atoms with Crippen molar-refractivity contribution in [2.45, 2.75) is 24.8 Å². The smallest absolute Gasteiger partial charge is 0.225 e. The summed E-state index contributed by atoms with van der Waals surface area (Å²) < 4.78 is 26.1. The van der Waals surface area contributed by atoms with Gasteiger partial charge in [0.05, 0.1) is 0 Å². The van der Waals surface area contributed by atoms with E-state index in [4.69, 9.17) is 0 Å². The molecule has 1 saturated carbocycles. The van der Waals surface area contributed by atoms with E-state index in [1.54, 1.807) is 6.07 Å². The normalized spacial score (nSPS) is 19.4. The summed E-state index contributed by atoms with van der Waals surface area (Å²) in [6, 6.07) is 13.6. The van der Waals surface area contributed by atoms with Gasteiger partial charge in [0.25, 0.3) is 0 Å². The molecule has 0 unspecified atom stereocenters. The lowest BCUT2D eigenvalue weighted by molar-refractivity contribution is -0.116. The Bertz CT molecular complexity index is 691. The molecule has 0 aromatic heterocycles. The number of hydrogen-bond acceptors (Lipinski definition) is 2. The number of amides is 1. The molecule has 0 radical (unpaired) electrons. The molecule has 5 heteroatoms. The molecule has 1 aliphatic carbocycles. The number of anilines is 1. The van der Waals surface area contributed by atoms with Crippen LogP contribution in [0.1, 0.15) is 24.3 Å². The van der Waals surface area contributed by atoms with Crippen molar-refractivity contribution in [2.75, 3.05) is 11.9 Å². The van der Waals surface area contributed by atoms with Crippen LogP contribution >= 0.6 is 0 Å². The van der Waals surface area contributed by atoms with Crippen LogP contribution in [-0.4, -0.2) is 18.5 Å². The number of benzene rings is 2. The zero-order chi connectivity index (χ0) is 16.2. The van der Waals surface area contributed by atoms with Gasteiger partial charge in [0.15, 0.2) is 11.6 Å². The van der Waals surface area contributed by atoms with Gasteiger partial charge >= 0.3 is 0 Å². The zero-order valence-electron chi connectivity index (χ0n) is 12.6. The number of carbonyl (C=O) groups is 1. The van der Waals surface area contributed by atoms with Crippen LogP contribution in [0, 0.1) is 11.6 Å². The maximum atomic E-state index is 13.2. The molecule has 0 bridgehead atoms. The highest BCUT2D eigenvalue weighted by Gasteiger charge is 2.38. The highest BCUT2D eigenvalue weighted by molar-refractivity contribution is 5.90. The highest BCUT2D eigenvalue weighted by Crippen LogP contribution is 2.41. The number of halogens is 2. The van der Waals surface area contributed by atoms with Gasteiger partial charge < -0.3 is 10.6 Å². The SMILES string of the molecule is O=C(CCN[C@@H]1C[C@H]1c1ccc(F)c(F)c1)Nc1ccccc1. The first-order chi connectivity index (χ1) is 11.1. The van der Waals surface area contributed by atoms with Gasteiger partial charge in [0.2, 0.25) is 5.91 Å². The van der Waals surface area contributed by atoms with Crippen molar-refractivity contribution in [3.05, 3.63) is 65.7 Å². The molecule has 0 aliphatic heterocycles. The molecule has 120 valence electrons. The maximum Gasteiger partial charge on any atom is 0.225 e. The van der Waals surface area contributed by atoms with Crippen LogP contribution in [0.25, 0.3) is 0 Å². The Balaban J connectivity index is 1.40. The van der Waals surface area contributed by atoms with Crippen LogP contribution in [0.15, 0.2) is 48.5 Å². The third-order valence-electron chi connectivity index (χ3n) is 3.98. The lowest BCUT2D eigenvalue weighted by Crippen LogP contribution is -2.24. The first kappa shape index (κ1) is 15.6. The van der Waals surface area contributed by atoms with E-state index in [9.17, 15) is 13.6 Å². The van der Waals surface area contributed by atoms with Crippen LogP contribution in [-0.2, 0) is 4.79 Å². The number of hydrogen-bond donors (Lipinski definition) is 2. The molecule has 1 aliphatic rings. The summed E-state index contributed by atoms with van der Waals surface area (Å²) in [7, 11) is 0. The summed E-state index contributed by atoms with van der Waals surface area (Å²) in [5, 5.41) is 6.10. The van der Waals surface area contributed by atoms with Crippen molar-refractivity contribution in [2.24, 2.45) is 0 Å². The molecular weight excluding hydrogens is 298 g/mol. The number of carbonyl (C=O) groups excluding carboxylic acids is 1. The predicted octanol–water partition coefficient (Wildman–Crippen LogP) is 3.44. The average Bonchev–Trinajstić information content (AvgIpc) is 3.30. The van der Waals surface area contributed by atoms with Crippen LogP contribution < -0.4 is 10.6 Å². The number of para-hydroxylation sites is 1. The third kappa shape index (κ3) is 4.13. The van der Waals surface area contributed by atoms with Gasteiger partial charge in [-0.05, 0) is 36.2 Å². The van der Waals surface area contributed by atoms with Crippen molar-refractivity contribution >= 4 is 11.6 Å². The van der Waals surface area contributed by atoms with Crippen molar-refractivity contribution < 1.29 is 13.6 Å². The summed E-state index contributed by atoms with van der Waals surface area (Å²) >= 11 is 0. The minimum Gasteiger partial charge on any atom is -0.326 e. The minimum absolute atomic E-state index is 0.0475. The van der Waals surface area contributed by atoms with E-state index >= 15 is 0 Å². The Kier molecular flexibility index (Phi) is 4.67. The number of nitrogens with one attached hydrogen (secondary N) is 2. The molecule has 1 amide bonds. The molecule has 2 atom stereocenters. The van der Waals surface area contributed by atoms with E-state index in [0.717, 1.165) is 23.7 Å². The fourth-order valence-corrected chi connectivity index (χ4v) is 2.65. The fourth-order valence-electron chi connectivity index (χ4n) is 2.65. The van der Waals surface area contributed by atoms with E-state index in [1.807, 2.05) is 30.3 Å². The molecule has 2 aromatic carbocycles. The highest BCUT2D eigenvalue weighted by atomic mass is 19.2. The minimum atomic E-state index is -0.823. The lowest BCUT2D eigenvalue weighted by atomic mass is 10.1. The quantitative estimate of drug-likeness (QED) is 0.857. The monoisotopic (exact) mass is 316 g/mol. The Labute approximate surface area is 133 Å². The Hall–Kier alpha value is -2.27. The number of rotatable bonds is 6. The van der Waals surface area contributed by atoms with Gasteiger partial charge in [-0.15, -0.1) is 0 Å². The van der Waals surface area contributed by atoms with Crippen LogP contribution in [0.4, 0.5) is 14.5 Å². The van der Waals surface area contributed by atoms with Crippen LogP contribution in [0.5, 0.6) is 0 Å². The molecule has 23 heavy (non-hydrogen) atoms. The van der Waals surface area contributed by atoms with E-state index in [2.05, 4.69) is 10.6 Å². The van der Waals surface area contributed by atoms with Crippen molar-refractivity contribution in [3.63, 3.8) is 0 Å². The van der Waals surface area contributed by atoms with Crippen molar-refractivity contribution in [1.29, 1.82) is 0 Å². The molecular formula is C18H18F2N2O. The molecule has 3 nitrogen and oxygen atoms in total. The predicted molar refractivity (Wildman–Crippen MR) is 85.2 cm³/mol. The second-order valence-electron chi connectivity index (χ2n) is 5.74. The summed E-state index contributed by atoms with van der Waals surface area (Å²) in [5.74, 6) is -1.48. The largest absolute Gasteiger partial charge is 0.326 e. The summed E-state index contributed by atoms with van der Waals surface area (Å²) in [4.78, 5) is 11.8. The fraction of sp³-hybridized carbons (Fsp3) is 0.278. The van der Waals surface area contributed by atoms with Gasteiger partial charge in [-0.25, -0.2) is 8.78 Å². The van der Waals surface area contributed by atoms with E-state index in [1.165, 1.54) is 6.07 Å². The molecule has 0 saturated heterocycles. The van der Waals surface area contributed by atoms with Gasteiger partial charge in [0, 0.05) is 30.6 Å². The maximum absolute atomic E-state index is 13.2. The van der Waals surface area contributed by atoms with Gasteiger partial charge in [0.1, 0.15) is 0 Å². The summed E-state index contributed by atoms with van der Waals surface area (Å²) in [5.41, 5.74) is 1.58. The first-order valence-electron chi connectivity index (χ1n) is 7.67. The summed E-state index contributed by atoms with van der Waals surface area (Å²) in [6.07, 6.45) is 1.25. The molecule has 1 fully saturated rings. The molecule has 0 heterocycles. The topological polar surface area (TPSA) is 41.1 Å². The Morgan fingerprint density at radius 3 is 2.61 bits per heavy atom. The molecule has 2 N–H and O–H groups in total. The lowest BCUT2D eigenvalue weighted by Gasteiger charge is -2.06. The van der Waals surface area contributed by atoms with Crippen molar-refractivity contribution in [3.8, 4) is 0 Å². The van der Waals surface area contributed by atoms with Crippen molar-refractivity contribution in [1.82, 2.24) is 5.32 Å². The second kappa shape index (κ2) is 6.87. The summed E-state index contributed by atoms with van der Waals surface area (Å²) in [6.45, 7) is 0.559. The zero-order valence-corrected chi connectivity index (χ0v) is 12.6. The van der Waals surface area contributed by atoms with E-state index in [-0.39, 0.29) is 17.9 Å². The molecule has 0 spiro atoms. The van der Waals surface area contributed by atoms with Gasteiger partial charge in [-0.2, -0.15) is 0 Å². The Morgan fingerprint density at radius 2 is 1.87 bits per heavy atom. The van der Waals surface area contributed by atoms with Gasteiger partial charge in [-0.1, -0.05) is 24.3 Å². The second-order valence-corrected chi connectivity index (χ2v) is 5.74. The van der Waals surface area contributed by atoms with E-state index in [0.29, 0.717) is 13.0 Å². The Morgan fingerprint density at radius 1 is 1.09 bits per heavy atom. The van der Waals surface area contributed by atoms with Crippen LogP contribution in [0.3, 0.4) is 0 Å². The third-order valence-corrected chi connectivity index (χ3v) is 3.98. The van der Waals surface area contributed by atoms with Crippen LogP contribution in [0.2, 0.25) is 0 Å². The standard InChI is InChI=1S/C18H18F2N2O/c19-15-7-6-12(10-16(15)20)14-11-17(14)21-9-8-18(23)22-13-4-2-1-3-5-13/h1-7,10,14,17,21H,8-9,11H2,(H,22,23)/t14-,17+/m0/s1. The van der Waals surface area contributed by atoms with Gasteiger partial charge in [-0.3, -0.25) is 4.79 Å².